The summed E-state index contributed by atoms with van der Waals surface area (Å²) in [6.45, 7) is 5.48. The van der Waals surface area contributed by atoms with Gasteiger partial charge >= 0.3 is 5.97 Å². The zero-order valence-corrected chi connectivity index (χ0v) is 41.1. The Bertz CT molecular complexity index is 914. The highest BCUT2D eigenvalue weighted by molar-refractivity contribution is 7.45. The van der Waals surface area contributed by atoms with E-state index in [4.69, 9.17) is 18.5 Å². The highest BCUT2D eigenvalue weighted by Gasteiger charge is 2.20. The number of nitrogens with zero attached hydrogens (tertiary/aromatic N) is 1. The van der Waals surface area contributed by atoms with Crippen LogP contribution in [0.15, 0.2) is 0 Å². The zero-order valence-electron chi connectivity index (χ0n) is 40.2. The summed E-state index contributed by atoms with van der Waals surface area (Å²) < 4.78 is 34.7. The maximum atomic E-state index is 12.7. The summed E-state index contributed by atoms with van der Waals surface area (Å²) >= 11 is 0. The molecule has 0 aromatic carbocycles. The van der Waals surface area contributed by atoms with Crippen molar-refractivity contribution in [3.8, 4) is 0 Å². The molecule has 8 nitrogen and oxygen atoms in total. The molecule has 0 aromatic heterocycles. The van der Waals surface area contributed by atoms with Crippen LogP contribution in [0, 0.1) is 0 Å². The van der Waals surface area contributed by atoms with Gasteiger partial charge in [0.1, 0.15) is 19.3 Å². The summed E-state index contributed by atoms with van der Waals surface area (Å²) in [5.74, 6) is -0.326. The summed E-state index contributed by atoms with van der Waals surface area (Å²) in [7, 11) is 1.38. The highest BCUT2D eigenvalue weighted by Crippen LogP contribution is 2.38. The highest BCUT2D eigenvalue weighted by atomic mass is 31.2. The van der Waals surface area contributed by atoms with Crippen LogP contribution in [0.5, 0.6) is 0 Å². The fraction of sp³-hybridized carbons (Fsp3) is 0.980. The number of phosphoric acid groups is 1. The molecular formula is C50H102NO7P. The minimum atomic E-state index is -4.52. The van der Waals surface area contributed by atoms with Gasteiger partial charge in [-0.2, -0.15) is 0 Å². The van der Waals surface area contributed by atoms with E-state index in [0.29, 0.717) is 24.1 Å². The number of unbranched alkanes of at least 4 members (excludes halogenated alkanes) is 35. The number of phosphoric ester groups is 1. The minimum Gasteiger partial charge on any atom is -0.756 e. The second-order valence-electron chi connectivity index (χ2n) is 18.9. The number of rotatable bonds is 49. The van der Waals surface area contributed by atoms with Crippen molar-refractivity contribution in [1.29, 1.82) is 0 Å². The van der Waals surface area contributed by atoms with E-state index >= 15 is 0 Å². The molecule has 0 fully saturated rings. The monoisotopic (exact) mass is 860 g/mol. The van der Waals surface area contributed by atoms with E-state index < -0.39 is 13.9 Å². The fourth-order valence-electron chi connectivity index (χ4n) is 7.67. The van der Waals surface area contributed by atoms with Crippen molar-refractivity contribution in [2.24, 2.45) is 0 Å². The van der Waals surface area contributed by atoms with Crippen molar-refractivity contribution < 1.29 is 37.3 Å². The first-order valence-corrected chi connectivity index (χ1v) is 27.2. The molecule has 354 valence electrons. The quantitative estimate of drug-likeness (QED) is 0.0260. The lowest BCUT2D eigenvalue weighted by Crippen LogP contribution is -2.37. The van der Waals surface area contributed by atoms with E-state index in [-0.39, 0.29) is 25.8 Å². The first-order chi connectivity index (χ1) is 28.6. The number of ether oxygens (including phenoxy) is 2. The van der Waals surface area contributed by atoms with Gasteiger partial charge in [-0.05, 0) is 12.8 Å². The third-order valence-electron chi connectivity index (χ3n) is 11.7. The first kappa shape index (κ1) is 58.5. The third kappa shape index (κ3) is 48.4. The van der Waals surface area contributed by atoms with Crippen molar-refractivity contribution in [3.05, 3.63) is 0 Å². The van der Waals surface area contributed by atoms with Gasteiger partial charge in [-0.15, -0.1) is 0 Å². The standard InChI is InChI=1S/C50H102NO7P/c1-6-8-10-12-14-16-18-20-21-22-23-24-25-26-27-28-29-30-31-32-33-35-37-39-41-43-50(52)58-49(48-57-59(53,54)56-46-44-51(3,4)5)47-55-45-42-40-38-36-34-19-17-15-13-11-9-7-2/h49H,6-48H2,1-5H3/t49-/m1/s1. The smallest absolute Gasteiger partial charge is 0.306 e. The molecule has 0 aliphatic carbocycles. The maximum absolute atomic E-state index is 12.7. The van der Waals surface area contributed by atoms with Crippen molar-refractivity contribution in [3.63, 3.8) is 0 Å². The van der Waals surface area contributed by atoms with E-state index in [2.05, 4.69) is 13.8 Å². The topological polar surface area (TPSA) is 94.1 Å². The van der Waals surface area contributed by atoms with Gasteiger partial charge in [0.05, 0.1) is 34.4 Å². The Morgan fingerprint density at radius 2 is 0.780 bits per heavy atom. The van der Waals surface area contributed by atoms with Crippen LogP contribution in [0.3, 0.4) is 0 Å². The second kappa shape index (κ2) is 44.1. The number of hydrogen-bond donors (Lipinski definition) is 0. The Hall–Kier alpha value is -0.500. The van der Waals surface area contributed by atoms with Gasteiger partial charge in [-0.3, -0.25) is 9.36 Å². The lowest BCUT2D eigenvalue weighted by molar-refractivity contribution is -0.870. The van der Waals surface area contributed by atoms with Crippen molar-refractivity contribution in [2.45, 2.75) is 264 Å². The van der Waals surface area contributed by atoms with E-state index in [1.165, 1.54) is 205 Å². The Balaban J connectivity index is 3.98. The summed E-state index contributed by atoms with van der Waals surface area (Å²) in [6, 6.07) is 0. The van der Waals surface area contributed by atoms with E-state index in [1.54, 1.807) is 0 Å². The molecule has 0 aliphatic heterocycles. The van der Waals surface area contributed by atoms with Gasteiger partial charge in [0, 0.05) is 13.0 Å². The summed E-state index contributed by atoms with van der Waals surface area (Å²) in [6.07, 6.45) is 48.5. The van der Waals surface area contributed by atoms with Crippen molar-refractivity contribution in [1.82, 2.24) is 0 Å². The van der Waals surface area contributed by atoms with Gasteiger partial charge in [0.2, 0.25) is 0 Å². The van der Waals surface area contributed by atoms with Crippen molar-refractivity contribution >= 4 is 13.8 Å². The molecule has 0 aliphatic rings. The Kier molecular flexibility index (Phi) is 43.7. The predicted molar refractivity (Wildman–Crippen MR) is 250 cm³/mol. The maximum Gasteiger partial charge on any atom is 0.306 e. The van der Waals surface area contributed by atoms with Gasteiger partial charge < -0.3 is 27.9 Å². The molecule has 0 aromatic rings. The second-order valence-corrected chi connectivity index (χ2v) is 20.3. The molecule has 0 saturated carbocycles. The van der Waals surface area contributed by atoms with Crippen LogP contribution in [-0.4, -0.2) is 70.7 Å². The van der Waals surface area contributed by atoms with Gasteiger partial charge in [-0.1, -0.05) is 239 Å². The average molecular weight is 860 g/mol. The van der Waals surface area contributed by atoms with Crippen LogP contribution in [0.4, 0.5) is 0 Å². The van der Waals surface area contributed by atoms with Crippen molar-refractivity contribution in [2.75, 3.05) is 54.1 Å². The Morgan fingerprint density at radius 1 is 0.458 bits per heavy atom. The Labute approximate surface area is 368 Å². The van der Waals surface area contributed by atoms with E-state index in [9.17, 15) is 14.3 Å². The van der Waals surface area contributed by atoms with E-state index in [0.717, 1.165) is 32.1 Å². The normalized spacial score (nSPS) is 13.5. The largest absolute Gasteiger partial charge is 0.756 e. The molecular weight excluding hydrogens is 758 g/mol. The molecule has 0 amide bonds. The van der Waals surface area contributed by atoms with Crippen LogP contribution in [0.2, 0.25) is 0 Å². The van der Waals surface area contributed by atoms with Crippen LogP contribution in [0.1, 0.15) is 258 Å². The SMILES string of the molecule is CCCCCCCCCCCCCCCCCCCCCCCCCCCC(=O)O[C@H](COCCCCCCCCCCCCCC)COP(=O)([O-])OCC[N+](C)(C)C. The summed E-state index contributed by atoms with van der Waals surface area (Å²) in [4.78, 5) is 25.1. The lowest BCUT2D eigenvalue weighted by atomic mass is 10.0. The number of likely N-dealkylation sites (N-methyl/N-ethyl adjacent to an activating group) is 1. The minimum absolute atomic E-state index is 0.0315. The molecule has 1 unspecified atom stereocenters. The number of carbonyl (C=O) groups excluding carboxylic acids is 1. The molecule has 9 heteroatoms. The lowest BCUT2D eigenvalue weighted by Gasteiger charge is -2.28. The van der Waals surface area contributed by atoms with Gasteiger partial charge in [0.25, 0.3) is 7.82 Å². The van der Waals surface area contributed by atoms with Crippen LogP contribution >= 0.6 is 7.82 Å². The molecule has 0 saturated heterocycles. The molecule has 0 rings (SSSR count). The van der Waals surface area contributed by atoms with Gasteiger partial charge in [-0.25, -0.2) is 0 Å². The van der Waals surface area contributed by atoms with Gasteiger partial charge in [0.15, 0.2) is 0 Å². The third-order valence-corrected chi connectivity index (χ3v) is 12.6. The van der Waals surface area contributed by atoms with Crippen LogP contribution in [0.25, 0.3) is 0 Å². The number of hydrogen-bond acceptors (Lipinski definition) is 7. The predicted octanol–water partition coefficient (Wildman–Crippen LogP) is 15.0. The molecule has 0 heterocycles. The molecule has 0 radical (unpaired) electrons. The molecule has 59 heavy (non-hydrogen) atoms. The fourth-order valence-corrected chi connectivity index (χ4v) is 8.40. The van der Waals surface area contributed by atoms with Crippen LogP contribution in [-0.2, 0) is 27.9 Å². The molecule has 2 atom stereocenters. The molecule has 0 bridgehead atoms. The molecule has 0 N–H and O–H groups in total. The summed E-state index contributed by atoms with van der Waals surface area (Å²) in [5, 5.41) is 0. The summed E-state index contributed by atoms with van der Waals surface area (Å²) in [5.41, 5.74) is 0. The van der Waals surface area contributed by atoms with E-state index in [1.807, 2.05) is 21.1 Å². The average Bonchev–Trinajstić information content (AvgIpc) is 3.19. The number of esters is 1. The first-order valence-electron chi connectivity index (χ1n) is 25.8. The number of quaternary nitrogens is 1. The molecule has 0 spiro atoms. The van der Waals surface area contributed by atoms with Crippen LogP contribution < -0.4 is 4.89 Å². The Morgan fingerprint density at radius 3 is 1.12 bits per heavy atom. The zero-order chi connectivity index (χ0) is 43.4. The number of carbonyl (C=O) groups is 1.